The average molecular weight is 311 g/mol. The summed E-state index contributed by atoms with van der Waals surface area (Å²) in [6.45, 7) is -0.296. The van der Waals surface area contributed by atoms with Crippen LogP contribution in [-0.2, 0) is 9.53 Å². The molecule has 21 heavy (non-hydrogen) atoms. The molecule has 6 heteroatoms. The van der Waals surface area contributed by atoms with Crippen LogP contribution in [0.25, 0.3) is 0 Å². The number of nitrogens with one attached hydrogen (secondary N) is 1. The maximum atomic E-state index is 11.8. The van der Waals surface area contributed by atoms with Gasteiger partial charge in [0.1, 0.15) is 0 Å². The first-order valence-electron chi connectivity index (χ1n) is 7.08. The van der Waals surface area contributed by atoms with Gasteiger partial charge in [0.05, 0.1) is 10.6 Å². The first-order chi connectivity index (χ1) is 10.1. The Kier molecular flexibility index (Phi) is 5.44. The summed E-state index contributed by atoms with van der Waals surface area (Å²) in [7, 11) is 0. The van der Waals surface area contributed by atoms with Gasteiger partial charge in [-0.2, -0.15) is 0 Å². The number of amides is 1. The van der Waals surface area contributed by atoms with E-state index in [1.165, 1.54) is 18.6 Å². The molecule has 1 aromatic rings. The number of benzene rings is 1. The maximum Gasteiger partial charge on any atom is 0.340 e. The van der Waals surface area contributed by atoms with Crippen LogP contribution in [0.5, 0.6) is 0 Å². The Morgan fingerprint density at radius 3 is 2.67 bits per heavy atom. The van der Waals surface area contributed by atoms with E-state index in [0.29, 0.717) is 5.69 Å². The Hall–Kier alpha value is -1.75. The van der Waals surface area contributed by atoms with Crippen molar-refractivity contribution in [2.75, 3.05) is 12.3 Å². The number of hydrogen-bond acceptors (Lipinski definition) is 4. The number of nitrogens with two attached hydrogens (primary N) is 1. The molecule has 3 N–H and O–H groups in total. The van der Waals surface area contributed by atoms with E-state index in [0.717, 1.165) is 25.7 Å². The second kappa shape index (κ2) is 7.31. The van der Waals surface area contributed by atoms with Gasteiger partial charge < -0.3 is 15.8 Å². The number of hydrogen-bond donors (Lipinski definition) is 2. The summed E-state index contributed by atoms with van der Waals surface area (Å²) in [5.74, 6) is -0.902. The van der Waals surface area contributed by atoms with E-state index in [-0.39, 0.29) is 29.1 Å². The van der Waals surface area contributed by atoms with Crippen LogP contribution in [-0.4, -0.2) is 24.5 Å². The molecule has 1 fully saturated rings. The highest BCUT2D eigenvalue weighted by molar-refractivity contribution is 6.33. The second-order valence-corrected chi connectivity index (χ2v) is 5.63. The summed E-state index contributed by atoms with van der Waals surface area (Å²) in [5, 5.41) is 3.10. The van der Waals surface area contributed by atoms with Crippen LogP contribution in [0, 0.1) is 0 Å². The third kappa shape index (κ3) is 4.63. The van der Waals surface area contributed by atoms with E-state index in [2.05, 4.69) is 5.32 Å². The number of nitrogen functional groups attached to an aromatic ring is 1. The summed E-state index contributed by atoms with van der Waals surface area (Å²) in [4.78, 5) is 23.6. The third-order valence-corrected chi connectivity index (χ3v) is 3.83. The van der Waals surface area contributed by atoms with Crippen molar-refractivity contribution in [3.63, 3.8) is 0 Å². The molecule has 1 saturated carbocycles. The molecule has 0 aromatic heterocycles. The van der Waals surface area contributed by atoms with Crippen LogP contribution >= 0.6 is 11.6 Å². The van der Waals surface area contributed by atoms with Gasteiger partial charge in [-0.25, -0.2) is 4.79 Å². The standard InChI is InChI=1S/C15H19ClN2O3/c16-13-8-10(17)6-7-12(13)15(20)21-9-14(19)18-11-4-2-1-3-5-11/h6-8,11H,1-5,9,17H2,(H,18,19). The Labute approximate surface area is 128 Å². The van der Waals surface area contributed by atoms with Gasteiger partial charge in [0.25, 0.3) is 5.91 Å². The lowest BCUT2D eigenvalue weighted by molar-refractivity contribution is -0.125. The zero-order valence-corrected chi connectivity index (χ0v) is 12.5. The molecular weight excluding hydrogens is 292 g/mol. The van der Waals surface area contributed by atoms with Gasteiger partial charge in [0.15, 0.2) is 6.61 Å². The summed E-state index contributed by atoms with van der Waals surface area (Å²) < 4.78 is 4.98. The van der Waals surface area contributed by atoms with Gasteiger partial charge in [-0.15, -0.1) is 0 Å². The first-order valence-corrected chi connectivity index (χ1v) is 7.45. The van der Waals surface area contributed by atoms with Crippen molar-refractivity contribution in [2.45, 2.75) is 38.1 Å². The molecular formula is C15H19ClN2O3. The summed E-state index contributed by atoms with van der Waals surface area (Å²) in [6.07, 6.45) is 5.46. The van der Waals surface area contributed by atoms with Crippen LogP contribution in [0.4, 0.5) is 5.69 Å². The molecule has 1 amide bonds. The van der Waals surface area contributed by atoms with E-state index in [4.69, 9.17) is 22.1 Å². The average Bonchev–Trinajstić information content (AvgIpc) is 2.46. The van der Waals surface area contributed by atoms with Gasteiger partial charge in [0, 0.05) is 11.7 Å². The molecule has 1 aliphatic rings. The third-order valence-electron chi connectivity index (χ3n) is 3.52. The monoisotopic (exact) mass is 310 g/mol. The largest absolute Gasteiger partial charge is 0.452 e. The Morgan fingerprint density at radius 2 is 2.00 bits per heavy atom. The zero-order valence-electron chi connectivity index (χ0n) is 11.7. The second-order valence-electron chi connectivity index (χ2n) is 5.22. The van der Waals surface area contributed by atoms with Crippen LogP contribution in [0.2, 0.25) is 5.02 Å². The summed E-state index contributed by atoms with van der Waals surface area (Å²) in [5.41, 5.74) is 6.22. The van der Waals surface area contributed by atoms with Crippen LogP contribution in [0.1, 0.15) is 42.5 Å². The molecule has 0 saturated heterocycles. The van der Waals surface area contributed by atoms with Gasteiger partial charge in [-0.05, 0) is 31.0 Å². The number of halogens is 1. The highest BCUT2D eigenvalue weighted by Gasteiger charge is 2.18. The molecule has 2 rings (SSSR count). The molecule has 0 spiro atoms. The predicted octanol–water partition coefficient (Wildman–Crippen LogP) is 2.53. The van der Waals surface area contributed by atoms with Crippen molar-refractivity contribution in [2.24, 2.45) is 0 Å². The van der Waals surface area contributed by atoms with Crippen molar-refractivity contribution >= 4 is 29.2 Å². The normalized spacial score (nSPS) is 15.5. The number of anilines is 1. The van der Waals surface area contributed by atoms with Crippen molar-refractivity contribution in [1.82, 2.24) is 5.32 Å². The minimum atomic E-state index is -0.626. The highest BCUT2D eigenvalue weighted by Crippen LogP contribution is 2.20. The van der Waals surface area contributed by atoms with E-state index >= 15 is 0 Å². The van der Waals surface area contributed by atoms with Crippen molar-refractivity contribution in [1.29, 1.82) is 0 Å². The molecule has 0 atom stereocenters. The van der Waals surface area contributed by atoms with E-state index in [9.17, 15) is 9.59 Å². The zero-order chi connectivity index (χ0) is 15.2. The lowest BCUT2D eigenvalue weighted by Crippen LogP contribution is -2.38. The number of rotatable bonds is 4. The van der Waals surface area contributed by atoms with Crippen molar-refractivity contribution in [3.8, 4) is 0 Å². The number of ether oxygens (including phenoxy) is 1. The fourth-order valence-corrected chi connectivity index (χ4v) is 2.69. The molecule has 0 radical (unpaired) electrons. The van der Waals surface area contributed by atoms with Gasteiger partial charge in [0.2, 0.25) is 0 Å². The first kappa shape index (κ1) is 15.6. The topological polar surface area (TPSA) is 81.4 Å². The van der Waals surface area contributed by atoms with E-state index in [1.54, 1.807) is 6.07 Å². The van der Waals surface area contributed by atoms with Gasteiger partial charge >= 0.3 is 5.97 Å². The van der Waals surface area contributed by atoms with E-state index < -0.39 is 5.97 Å². The minimum absolute atomic E-state index is 0.199. The van der Waals surface area contributed by atoms with Crippen molar-refractivity contribution in [3.05, 3.63) is 28.8 Å². The van der Waals surface area contributed by atoms with Gasteiger partial charge in [-0.3, -0.25) is 4.79 Å². The predicted molar refractivity (Wildman–Crippen MR) is 81.2 cm³/mol. The molecule has 114 valence electrons. The van der Waals surface area contributed by atoms with Crippen LogP contribution < -0.4 is 11.1 Å². The van der Waals surface area contributed by atoms with Crippen LogP contribution in [0.3, 0.4) is 0 Å². The van der Waals surface area contributed by atoms with Gasteiger partial charge in [-0.1, -0.05) is 30.9 Å². The smallest absolute Gasteiger partial charge is 0.340 e. The lowest BCUT2D eigenvalue weighted by Gasteiger charge is -2.22. The molecule has 5 nitrogen and oxygen atoms in total. The highest BCUT2D eigenvalue weighted by atomic mass is 35.5. The number of carbonyl (C=O) groups is 2. The number of carbonyl (C=O) groups excluding carboxylic acids is 2. The fourth-order valence-electron chi connectivity index (χ4n) is 2.42. The Morgan fingerprint density at radius 1 is 1.29 bits per heavy atom. The maximum absolute atomic E-state index is 11.8. The molecule has 1 aliphatic carbocycles. The molecule has 0 heterocycles. The molecule has 0 bridgehead atoms. The SMILES string of the molecule is Nc1ccc(C(=O)OCC(=O)NC2CCCCC2)c(Cl)c1. The summed E-state index contributed by atoms with van der Waals surface area (Å²) in [6, 6.07) is 4.72. The Balaban J connectivity index is 1.81. The lowest BCUT2D eigenvalue weighted by atomic mass is 9.95. The molecule has 0 unspecified atom stereocenters. The summed E-state index contributed by atoms with van der Waals surface area (Å²) >= 11 is 5.91. The molecule has 0 aliphatic heterocycles. The number of esters is 1. The Bertz CT molecular complexity index is 528. The van der Waals surface area contributed by atoms with Crippen molar-refractivity contribution < 1.29 is 14.3 Å². The minimum Gasteiger partial charge on any atom is -0.452 e. The van der Waals surface area contributed by atoms with E-state index in [1.807, 2.05) is 0 Å². The molecule has 1 aromatic carbocycles. The quantitative estimate of drug-likeness (QED) is 0.661. The van der Waals surface area contributed by atoms with Crippen LogP contribution in [0.15, 0.2) is 18.2 Å². The fraction of sp³-hybridized carbons (Fsp3) is 0.467.